The number of amides is 1. The fourth-order valence-corrected chi connectivity index (χ4v) is 2.53. The molecule has 24 heavy (non-hydrogen) atoms. The van der Waals surface area contributed by atoms with E-state index in [1.165, 1.54) is 12.6 Å². The van der Waals surface area contributed by atoms with Gasteiger partial charge >= 0.3 is 0 Å². The number of para-hydroxylation sites is 2. The largest absolute Gasteiger partial charge is 0.495 e. The molecule has 1 aromatic heterocycles. The van der Waals surface area contributed by atoms with Crippen molar-refractivity contribution in [3.63, 3.8) is 0 Å². The third-order valence-corrected chi connectivity index (χ3v) is 4.05. The molecule has 0 spiro atoms. The van der Waals surface area contributed by atoms with E-state index in [2.05, 4.69) is 22.8 Å². The lowest BCUT2D eigenvalue weighted by Crippen LogP contribution is -2.26. The number of carbonyl (C=O) groups excluding carboxylic acids is 1. The third-order valence-electron chi connectivity index (χ3n) is 4.05. The van der Waals surface area contributed by atoms with Gasteiger partial charge in [0.1, 0.15) is 17.3 Å². The van der Waals surface area contributed by atoms with Gasteiger partial charge in [-0.15, -0.1) is 0 Å². The predicted octanol–water partition coefficient (Wildman–Crippen LogP) is 2.97. The number of carbonyl (C=O) groups is 1. The van der Waals surface area contributed by atoms with Gasteiger partial charge in [0.25, 0.3) is 5.91 Å². The molecular weight excluding hydrogens is 306 g/mol. The molecular formula is C18H21N3O3. The van der Waals surface area contributed by atoms with Crippen molar-refractivity contribution in [2.45, 2.75) is 19.3 Å². The molecule has 0 unspecified atom stereocenters. The Kier molecular flexibility index (Phi) is 4.84. The molecule has 2 N–H and O–H groups in total. The second-order valence-electron chi connectivity index (χ2n) is 5.91. The van der Waals surface area contributed by atoms with Crippen molar-refractivity contribution in [2.24, 2.45) is 11.0 Å². The van der Waals surface area contributed by atoms with E-state index in [0.29, 0.717) is 23.3 Å². The molecule has 2 aromatic rings. The SMILES string of the molecule is COc1ccccc1NCC(=O)N/N=C\c1ccc([C@@H]2C[C@H]2C)o1. The van der Waals surface area contributed by atoms with Gasteiger partial charge in [-0.2, -0.15) is 5.10 Å². The summed E-state index contributed by atoms with van der Waals surface area (Å²) in [4.78, 5) is 11.8. The highest BCUT2D eigenvalue weighted by molar-refractivity contribution is 5.83. The lowest BCUT2D eigenvalue weighted by molar-refractivity contribution is -0.119. The summed E-state index contributed by atoms with van der Waals surface area (Å²) in [5.74, 6) is 3.30. The van der Waals surface area contributed by atoms with Crippen LogP contribution < -0.4 is 15.5 Å². The molecule has 0 aliphatic heterocycles. The van der Waals surface area contributed by atoms with E-state index >= 15 is 0 Å². The monoisotopic (exact) mass is 327 g/mol. The summed E-state index contributed by atoms with van der Waals surface area (Å²) in [5.41, 5.74) is 3.23. The number of furan rings is 1. The molecule has 0 saturated heterocycles. The average molecular weight is 327 g/mol. The minimum Gasteiger partial charge on any atom is -0.495 e. The molecule has 1 heterocycles. The standard InChI is InChI=1S/C18H21N3O3/c1-12-9-14(12)16-8-7-13(24-16)10-20-21-18(22)11-19-15-5-3-4-6-17(15)23-2/h3-8,10,12,14,19H,9,11H2,1-2H3,(H,21,22)/b20-10-/t12-,14-/m1/s1. The van der Waals surface area contributed by atoms with Crippen LogP contribution in [0, 0.1) is 5.92 Å². The number of hydrogen-bond donors (Lipinski definition) is 2. The lowest BCUT2D eigenvalue weighted by Gasteiger charge is -2.09. The smallest absolute Gasteiger partial charge is 0.259 e. The zero-order valence-electron chi connectivity index (χ0n) is 13.8. The van der Waals surface area contributed by atoms with Gasteiger partial charge < -0.3 is 14.5 Å². The highest BCUT2D eigenvalue weighted by Crippen LogP contribution is 2.47. The Bertz CT molecular complexity index is 739. The second kappa shape index (κ2) is 7.21. The van der Waals surface area contributed by atoms with Crippen LogP contribution in [0.5, 0.6) is 5.75 Å². The van der Waals surface area contributed by atoms with Crippen LogP contribution in [0.3, 0.4) is 0 Å². The Balaban J connectivity index is 1.46. The summed E-state index contributed by atoms with van der Waals surface area (Å²) in [6.07, 6.45) is 2.69. The third kappa shape index (κ3) is 3.95. The molecule has 1 fully saturated rings. The molecule has 1 aromatic carbocycles. The number of hydrazone groups is 1. The molecule has 2 atom stereocenters. The summed E-state index contributed by atoms with van der Waals surface area (Å²) >= 11 is 0. The number of ether oxygens (including phenoxy) is 1. The van der Waals surface area contributed by atoms with E-state index in [1.54, 1.807) is 7.11 Å². The van der Waals surface area contributed by atoms with Crippen LogP contribution in [0.4, 0.5) is 5.69 Å². The number of rotatable bonds is 7. The van der Waals surface area contributed by atoms with Crippen molar-refractivity contribution in [2.75, 3.05) is 19.0 Å². The van der Waals surface area contributed by atoms with Gasteiger partial charge in [-0.3, -0.25) is 4.79 Å². The first kappa shape index (κ1) is 16.1. The van der Waals surface area contributed by atoms with Crippen molar-refractivity contribution < 1.29 is 13.9 Å². The van der Waals surface area contributed by atoms with E-state index in [4.69, 9.17) is 9.15 Å². The number of anilines is 1. The molecule has 6 heteroatoms. The maximum atomic E-state index is 11.8. The predicted molar refractivity (Wildman–Crippen MR) is 92.5 cm³/mol. The van der Waals surface area contributed by atoms with Crippen LogP contribution in [0.1, 0.15) is 30.8 Å². The fraction of sp³-hybridized carbons (Fsp3) is 0.333. The summed E-state index contributed by atoms with van der Waals surface area (Å²) in [5, 5.41) is 6.93. The normalized spacial score (nSPS) is 19.2. The summed E-state index contributed by atoms with van der Waals surface area (Å²) in [6, 6.07) is 11.3. The van der Waals surface area contributed by atoms with Gasteiger partial charge in [0, 0.05) is 5.92 Å². The molecule has 0 bridgehead atoms. The van der Waals surface area contributed by atoms with Crippen molar-refractivity contribution in [1.29, 1.82) is 0 Å². The first-order chi connectivity index (χ1) is 11.7. The van der Waals surface area contributed by atoms with Crippen LogP contribution in [0.25, 0.3) is 0 Å². The van der Waals surface area contributed by atoms with Crippen LogP contribution in [0.15, 0.2) is 45.9 Å². The zero-order valence-corrected chi connectivity index (χ0v) is 13.8. The molecule has 1 aliphatic rings. The molecule has 0 radical (unpaired) electrons. The maximum Gasteiger partial charge on any atom is 0.259 e. The van der Waals surface area contributed by atoms with E-state index in [-0.39, 0.29) is 12.5 Å². The minimum absolute atomic E-state index is 0.0979. The number of benzene rings is 1. The summed E-state index contributed by atoms with van der Waals surface area (Å²) in [6.45, 7) is 2.30. The molecule has 1 aliphatic carbocycles. The van der Waals surface area contributed by atoms with Crippen LogP contribution in [-0.4, -0.2) is 25.8 Å². The van der Waals surface area contributed by atoms with Gasteiger partial charge in [0.05, 0.1) is 25.6 Å². The van der Waals surface area contributed by atoms with Crippen LogP contribution in [0.2, 0.25) is 0 Å². The Morgan fingerprint density at radius 3 is 2.92 bits per heavy atom. The van der Waals surface area contributed by atoms with Crippen molar-refractivity contribution in [3.8, 4) is 5.75 Å². The van der Waals surface area contributed by atoms with Gasteiger partial charge in [-0.25, -0.2) is 5.43 Å². The first-order valence-electron chi connectivity index (χ1n) is 7.96. The maximum absolute atomic E-state index is 11.8. The van der Waals surface area contributed by atoms with Crippen LogP contribution in [-0.2, 0) is 4.79 Å². The molecule has 1 saturated carbocycles. The van der Waals surface area contributed by atoms with Crippen molar-refractivity contribution in [1.82, 2.24) is 5.43 Å². The Morgan fingerprint density at radius 1 is 1.38 bits per heavy atom. The first-order valence-corrected chi connectivity index (χ1v) is 7.96. The van der Waals surface area contributed by atoms with Gasteiger partial charge in [0.2, 0.25) is 0 Å². The highest BCUT2D eigenvalue weighted by atomic mass is 16.5. The van der Waals surface area contributed by atoms with Gasteiger partial charge in [0.15, 0.2) is 0 Å². The van der Waals surface area contributed by atoms with Crippen LogP contribution >= 0.6 is 0 Å². The topological polar surface area (TPSA) is 75.9 Å². The van der Waals surface area contributed by atoms with E-state index in [0.717, 1.165) is 11.4 Å². The average Bonchev–Trinajstić information content (AvgIpc) is 3.14. The van der Waals surface area contributed by atoms with Crippen molar-refractivity contribution >= 4 is 17.8 Å². The van der Waals surface area contributed by atoms with Crippen molar-refractivity contribution in [3.05, 3.63) is 47.9 Å². The second-order valence-corrected chi connectivity index (χ2v) is 5.91. The number of nitrogens with zero attached hydrogens (tertiary/aromatic N) is 1. The quantitative estimate of drug-likeness (QED) is 0.605. The van der Waals surface area contributed by atoms with E-state index in [9.17, 15) is 4.79 Å². The minimum atomic E-state index is -0.250. The molecule has 3 rings (SSSR count). The molecule has 126 valence electrons. The fourth-order valence-electron chi connectivity index (χ4n) is 2.53. The van der Waals surface area contributed by atoms with E-state index < -0.39 is 0 Å². The number of hydrogen-bond acceptors (Lipinski definition) is 5. The molecule has 1 amide bonds. The summed E-state index contributed by atoms with van der Waals surface area (Å²) in [7, 11) is 1.59. The Morgan fingerprint density at radius 2 is 2.17 bits per heavy atom. The zero-order chi connectivity index (χ0) is 16.9. The number of methoxy groups -OCH3 is 1. The highest BCUT2D eigenvalue weighted by Gasteiger charge is 2.36. The Labute approximate surface area is 140 Å². The summed E-state index contributed by atoms with van der Waals surface area (Å²) < 4.78 is 10.9. The lowest BCUT2D eigenvalue weighted by atomic mass is 10.3. The Hall–Kier alpha value is -2.76. The molecule has 6 nitrogen and oxygen atoms in total. The van der Waals surface area contributed by atoms with Gasteiger partial charge in [-0.1, -0.05) is 19.1 Å². The van der Waals surface area contributed by atoms with Gasteiger partial charge in [-0.05, 0) is 36.6 Å². The number of nitrogens with one attached hydrogen (secondary N) is 2. The van der Waals surface area contributed by atoms with E-state index in [1.807, 2.05) is 36.4 Å².